The third kappa shape index (κ3) is 3.90. The molecular formula is C19H26FN3O. The molecule has 24 heavy (non-hydrogen) atoms. The standard InChI is InChI=1S/C19H26FN3O/c1-16-7-10-22(15-16)9-4-8-21-11-13-23(14-12-21)18-6-3-5-17(20)19(18)24-2/h3,5-7,10,15H,4,8-9,11-14H2,1-2H3. The van der Waals surface area contributed by atoms with Crippen LogP contribution in [0.1, 0.15) is 12.0 Å². The molecule has 1 aromatic carbocycles. The topological polar surface area (TPSA) is 20.6 Å². The summed E-state index contributed by atoms with van der Waals surface area (Å²) in [4.78, 5) is 4.70. The summed E-state index contributed by atoms with van der Waals surface area (Å²) in [6.45, 7) is 8.10. The van der Waals surface area contributed by atoms with Crippen LogP contribution in [0.2, 0.25) is 0 Å². The van der Waals surface area contributed by atoms with Crippen LogP contribution in [0.25, 0.3) is 0 Å². The van der Waals surface area contributed by atoms with E-state index in [1.165, 1.54) is 18.7 Å². The SMILES string of the molecule is COc1c(F)cccc1N1CCN(CCCn2ccc(C)c2)CC1. The molecule has 0 bridgehead atoms. The van der Waals surface area contributed by atoms with Crippen LogP contribution in [-0.4, -0.2) is 49.3 Å². The predicted octanol–water partition coefficient (Wildman–Crippen LogP) is 3.16. The monoisotopic (exact) mass is 331 g/mol. The Hall–Kier alpha value is -2.01. The molecule has 2 aromatic rings. The van der Waals surface area contributed by atoms with Gasteiger partial charge in [0.2, 0.25) is 0 Å². The van der Waals surface area contributed by atoms with Gasteiger partial charge in [-0.1, -0.05) is 6.07 Å². The molecule has 0 radical (unpaired) electrons. The highest BCUT2D eigenvalue weighted by atomic mass is 19.1. The van der Waals surface area contributed by atoms with Gasteiger partial charge in [-0.2, -0.15) is 0 Å². The van der Waals surface area contributed by atoms with Gasteiger partial charge in [-0.3, -0.25) is 4.90 Å². The molecule has 1 fully saturated rings. The predicted molar refractivity (Wildman–Crippen MR) is 95.4 cm³/mol. The minimum Gasteiger partial charge on any atom is -0.492 e. The van der Waals surface area contributed by atoms with E-state index in [1.54, 1.807) is 6.07 Å². The van der Waals surface area contributed by atoms with Crippen molar-refractivity contribution >= 4 is 5.69 Å². The summed E-state index contributed by atoms with van der Waals surface area (Å²) in [6.07, 6.45) is 5.48. The van der Waals surface area contributed by atoms with Crippen molar-refractivity contribution in [1.82, 2.24) is 9.47 Å². The second-order valence-corrected chi connectivity index (χ2v) is 6.40. The fraction of sp³-hybridized carbons (Fsp3) is 0.474. The first-order valence-electron chi connectivity index (χ1n) is 8.59. The van der Waals surface area contributed by atoms with Crippen molar-refractivity contribution in [3.05, 3.63) is 48.0 Å². The van der Waals surface area contributed by atoms with Gasteiger partial charge in [0.15, 0.2) is 11.6 Å². The highest BCUT2D eigenvalue weighted by molar-refractivity contribution is 5.59. The fourth-order valence-electron chi connectivity index (χ4n) is 3.34. The number of methoxy groups -OCH3 is 1. The molecule has 0 spiro atoms. The van der Waals surface area contributed by atoms with E-state index in [0.29, 0.717) is 5.75 Å². The van der Waals surface area contributed by atoms with Crippen molar-refractivity contribution in [2.75, 3.05) is 44.7 Å². The number of piperazine rings is 1. The molecule has 0 saturated carbocycles. The first-order valence-corrected chi connectivity index (χ1v) is 8.59. The highest BCUT2D eigenvalue weighted by Gasteiger charge is 2.20. The van der Waals surface area contributed by atoms with E-state index in [9.17, 15) is 4.39 Å². The zero-order valence-electron chi connectivity index (χ0n) is 14.5. The van der Waals surface area contributed by atoms with E-state index in [-0.39, 0.29) is 5.82 Å². The van der Waals surface area contributed by atoms with E-state index in [4.69, 9.17) is 4.74 Å². The Balaban J connectivity index is 1.48. The van der Waals surface area contributed by atoms with Gasteiger partial charge in [0, 0.05) is 45.1 Å². The summed E-state index contributed by atoms with van der Waals surface area (Å²) in [5.74, 6) is 0.0633. The van der Waals surface area contributed by atoms with Gasteiger partial charge in [-0.25, -0.2) is 4.39 Å². The molecule has 0 N–H and O–H groups in total. The van der Waals surface area contributed by atoms with Crippen LogP contribution in [0.15, 0.2) is 36.7 Å². The van der Waals surface area contributed by atoms with E-state index < -0.39 is 0 Å². The van der Waals surface area contributed by atoms with Gasteiger partial charge in [0.1, 0.15) is 0 Å². The highest BCUT2D eigenvalue weighted by Crippen LogP contribution is 2.31. The average molecular weight is 331 g/mol. The first-order chi connectivity index (χ1) is 11.7. The Morgan fingerprint density at radius 1 is 1.08 bits per heavy atom. The number of anilines is 1. The third-order valence-corrected chi connectivity index (χ3v) is 4.65. The maximum absolute atomic E-state index is 13.8. The molecule has 2 heterocycles. The minimum atomic E-state index is -0.292. The quantitative estimate of drug-likeness (QED) is 0.811. The minimum absolute atomic E-state index is 0.292. The van der Waals surface area contributed by atoms with Crippen LogP contribution in [0.4, 0.5) is 10.1 Å². The second-order valence-electron chi connectivity index (χ2n) is 6.40. The third-order valence-electron chi connectivity index (χ3n) is 4.65. The number of hydrogen-bond donors (Lipinski definition) is 0. The number of ether oxygens (including phenoxy) is 1. The molecule has 1 aliphatic rings. The molecule has 0 aliphatic carbocycles. The molecule has 130 valence electrons. The van der Waals surface area contributed by atoms with Crippen molar-refractivity contribution in [2.45, 2.75) is 19.9 Å². The largest absolute Gasteiger partial charge is 0.492 e. The summed E-state index contributed by atoms with van der Waals surface area (Å²) in [7, 11) is 1.53. The zero-order valence-corrected chi connectivity index (χ0v) is 14.5. The Morgan fingerprint density at radius 2 is 1.88 bits per heavy atom. The lowest BCUT2D eigenvalue weighted by Crippen LogP contribution is -2.46. The number of nitrogens with zero attached hydrogens (tertiary/aromatic N) is 3. The van der Waals surface area contributed by atoms with Crippen LogP contribution < -0.4 is 9.64 Å². The van der Waals surface area contributed by atoms with E-state index in [1.807, 2.05) is 6.07 Å². The summed E-state index contributed by atoms with van der Waals surface area (Å²) in [5, 5.41) is 0. The maximum atomic E-state index is 13.8. The Morgan fingerprint density at radius 3 is 2.54 bits per heavy atom. The van der Waals surface area contributed by atoms with Gasteiger partial charge in [-0.15, -0.1) is 0 Å². The number of halogens is 1. The summed E-state index contributed by atoms with van der Waals surface area (Å²) in [6, 6.07) is 7.28. The lowest BCUT2D eigenvalue weighted by molar-refractivity contribution is 0.249. The fourth-order valence-corrected chi connectivity index (χ4v) is 3.34. The van der Waals surface area contributed by atoms with Gasteiger partial charge in [0.25, 0.3) is 0 Å². The Bertz CT molecular complexity index is 662. The smallest absolute Gasteiger partial charge is 0.177 e. The van der Waals surface area contributed by atoms with E-state index in [0.717, 1.165) is 51.4 Å². The van der Waals surface area contributed by atoms with Crippen molar-refractivity contribution in [2.24, 2.45) is 0 Å². The van der Waals surface area contributed by atoms with Gasteiger partial charge in [0.05, 0.1) is 12.8 Å². The van der Waals surface area contributed by atoms with Crippen molar-refractivity contribution < 1.29 is 9.13 Å². The van der Waals surface area contributed by atoms with Crippen LogP contribution in [0.3, 0.4) is 0 Å². The summed E-state index contributed by atoms with van der Waals surface area (Å²) >= 11 is 0. The van der Waals surface area contributed by atoms with E-state index in [2.05, 4.69) is 39.8 Å². The zero-order chi connectivity index (χ0) is 16.9. The van der Waals surface area contributed by atoms with Crippen LogP contribution >= 0.6 is 0 Å². The number of aromatic nitrogens is 1. The molecule has 0 amide bonds. The van der Waals surface area contributed by atoms with Crippen LogP contribution in [0.5, 0.6) is 5.75 Å². The van der Waals surface area contributed by atoms with Gasteiger partial charge < -0.3 is 14.2 Å². The number of hydrogen-bond acceptors (Lipinski definition) is 3. The van der Waals surface area contributed by atoms with Crippen molar-refractivity contribution in [3.8, 4) is 5.75 Å². The number of para-hydroxylation sites is 1. The van der Waals surface area contributed by atoms with Crippen molar-refractivity contribution in [3.63, 3.8) is 0 Å². The Kier molecular flexibility index (Phi) is 5.41. The Labute approximate surface area is 143 Å². The summed E-state index contributed by atoms with van der Waals surface area (Å²) in [5.41, 5.74) is 2.17. The second kappa shape index (κ2) is 7.71. The molecule has 4 nitrogen and oxygen atoms in total. The van der Waals surface area contributed by atoms with Crippen molar-refractivity contribution in [1.29, 1.82) is 0 Å². The molecule has 5 heteroatoms. The summed E-state index contributed by atoms with van der Waals surface area (Å²) < 4.78 is 21.3. The maximum Gasteiger partial charge on any atom is 0.177 e. The number of rotatable bonds is 6. The molecule has 1 aliphatic heterocycles. The molecular weight excluding hydrogens is 305 g/mol. The molecule has 0 unspecified atom stereocenters. The molecule has 0 atom stereocenters. The van der Waals surface area contributed by atoms with E-state index >= 15 is 0 Å². The first kappa shape index (κ1) is 16.8. The molecule has 1 aromatic heterocycles. The average Bonchev–Trinajstić information content (AvgIpc) is 3.00. The lowest BCUT2D eigenvalue weighted by Gasteiger charge is -2.36. The number of aryl methyl sites for hydroxylation is 2. The lowest BCUT2D eigenvalue weighted by atomic mass is 10.2. The number of benzene rings is 1. The van der Waals surface area contributed by atoms with Crippen LogP contribution in [-0.2, 0) is 6.54 Å². The molecule has 1 saturated heterocycles. The normalized spacial score (nSPS) is 15.7. The molecule has 3 rings (SSSR count). The van der Waals surface area contributed by atoms with Crippen LogP contribution in [0, 0.1) is 12.7 Å². The van der Waals surface area contributed by atoms with Gasteiger partial charge >= 0.3 is 0 Å². The van der Waals surface area contributed by atoms with Gasteiger partial charge in [-0.05, 0) is 43.7 Å².